The second-order valence-electron chi connectivity index (χ2n) is 6.08. The molecule has 2 fully saturated rings. The Kier molecular flexibility index (Phi) is 4.45. The largest absolute Gasteiger partial charge is 0.377 e. The summed E-state index contributed by atoms with van der Waals surface area (Å²) in [5.74, 6) is 0.833. The number of methoxy groups -OCH3 is 1. The number of hydrogen-bond acceptors (Lipinski definition) is 3. The third-order valence-corrected chi connectivity index (χ3v) is 4.84. The maximum Gasteiger partial charge on any atom is 0.0777 e. The van der Waals surface area contributed by atoms with E-state index in [9.17, 15) is 0 Å². The first kappa shape index (κ1) is 13.3. The van der Waals surface area contributed by atoms with E-state index in [1.165, 1.54) is 45.1 Å². The Morgan fingerprint density at radius 1 is 1.35 bits per heavy atom. The molecule has 3 nitrogen and oxygen atoms in total. The van der Waals surface area contributed by atoms with E-state index in [2.05, 4.69) is 11.8 Å². The van der Waals surface area contributed by atoms with E-state index in [0.29, 0.717) is 6.04 Å². The second kappa shape index (κ2) is 5.68. The van der Waals surface area contributed by atoms with E-state index >= 15 is 0 Å². The highest BCUT2D eigenvalue weighted by atomic mass is 16.5. The maximum atomic E-state index is 6.03. The molecule has 0 amide bonds. The van der Waals surface area contributed by atoms with Crippen LogP contribution in [0.2, 0.25) is 0 Å². The fraction of sp³-hybridized carbons (Fsp3) is 1.00. The van der Waals surface area contributed by atoms with Crippen molar-refractivity contribution in [3.8, 4) is 0 Å². The topological polar surface area (TPSA) is 38.5 Å². The normalized spacial score (nSPS) is 34.1. The molecule has 2 atom stereocenters. The molecule has 100 valence electrons. The Morgan fingerprint density at radius 3 is 2.65 bits per heavy atom. The molecular weight excluding hydrogens is 212 g/mol. The van der Waals surface area contributed by atoms with Gasteiger partial charge >= 0.3 is 0 Å². The summed E-state index contributed by atoms with van der Waals surface area (Å²) in [4.78, 5) is 2.60. The van der Waals surface area contributed by atoms with Crippen molar-refractivity contribution in [3.05, 3.63) is 0 Å². The van der Waals surface area contributed by atoms with Crippen LogP contribution in [0.4, 0.5) is 0 Å². The number of nitrogens with zero attached hydrogens (tertiary/aromatic N) is 1. The minimum Gasteiger partial charge on any atom is -0.377 e. The number of hydrogen-bond donors (Lipinski definition) is 1. The average Bonchev–Trinajstić information content (AvgIpc) is 2.84. The van der Waals surface area contributed by atoms with Crippen molar-refractivity contribution in [2.24, 2.45) is 11.7 Å². The van der Waals surface area contributed by atoms with Crippen LogP contribution in [0, 0.1) is 5.92 Å². The Bertz CT molecular complexity index is 240. The van der Waals surface area contributed by atoms with Crippen molar-refractivity contribution in [2.45, 2.75) is 57.1 Å². The summed E-state index contributed by atoms with van der Waals surface area (Å²) in [5, 5.41) is 0. The van der Waals surface area contributed by atoms with Crippen LogP contribution in [0.25, 0.3) is 0 Å². The standard InChI is InChI=1S/C14H28N2O/c1-14(17-2)8-5-9-16(11-14)13(10-15)12-6-3-4-7-12/h12-13H,3-11,15H2,1-2H3. The first-order valence-corrected chi connectivity index (χ1v) is 7.18. The minimum atomic E-state index is 0.0459. The highest BCUT2D eigenvalue weighted by Gasteiger charge is 2.36. The van der Waals surface area contributed by atoms with Gasteiger partial charge in [0, 0.05) is 26.2 Å². The van der Waals surface area contributed by atoms with Gasteiger partial charge in [-0.15, -0.1) is 0 Å². The number of ether oxygens (including phenoxy) is 1. The first-order chi connectivity index (χ1) is 8.18. The van der Waals surface area contributed by atoms with Gasteiger partial charge in [0.1, 0.15) is 0 Å². The van der Waals surface area contributed by atoms with Crippen LogP contribution >= 0.6 is 0 Å². The summed E-state index contributed by atoms with van der Waals surface area (Å²) in [6.45, 7) is 5.31. The Labute approximate surface area is 106 Å². The maximum absolute atomic E-state index is 6.03. The number of likely N-dealkylation sites (tertiary alicyclic amines) is 1. The van der Waals surface area contributed by atoms with Crippen molar-refractivity contribution in [3.63, 3.8) is 0 Å². The SMILES string of the molecule is COC1(C)CCCN(C(CN)C2CCCC2)C1. The molecule has 2 rings (SSSR count). The van der Waals surface area contributed by atoms with Gasteiger partial charge < -0.3 is 10.5 Å². The molecule has 0 aromatic heterocycles. The molecule has 1 aliphatic carbocycles. The van der Waals surface area contributed by atoms with Gasteiger partial charge in [0.15, 0.2) is 0 Å². The molecule has 2 aliphatic rings. The van der Waals surface area contributed by atoms with E-state index in [1.807, 2.05) is 7.11 Å². The lowest BCUT2D eigenvalue weighted by Crippen LogP contribution is -2.55. The lowest BCUT2D eigenvalue weighted by atomic mass is 9.89. The predicted molar refractivity (Wildman–Crippen MR) is 71.0 cm³/mol. The lowest BCUT2D eigenvalue weighted by molar-refractivity contribution is -0.0660. The molecule has 0 aromatic rings. The van der Waals surface area contributed by atoms with E-state index in [-0.39, 0.29) is 5.60 Å². The van der Waals surface area contributed by atoms with Crippen LogP contribution in [0.3, 0.4) is 0 Å². The molecule has 3 heteroatoms. The van der Waals surface area contributed by atoms with Crippen molar-refractivity contribution < 1.29 is 4.74 Å². The zero-order valence-electron chi connectivity index (χ0n) is 11.5. The molecule has 1 heterocycles. The summed E-state index contributed by atoms with van der Waals surface area (Å²) in [6, 6.07) is 0.590. The quantitative estimate of drug-likeness (QED) is 0.817. The minimum absolute atomic E-state index is 0.0459. The molecule has 2 N–H and O–H groups in total. The van der Waals surface area contributed by atoms with E-state index in [1.54, 1.807) is 0 Å². The molecule has 17 heavy (non-hydrogen) atoms. The van der Waals surface area contributed by atoms with E-state index in [4.69, 9.17) is 10.5 Å². The summed E-state index contributed by atoms with van der Waals surface area (Å²) >= 11 is 0. The van der Waals surface area contributed by atoms with E-state index in [0.717, 1.165) is 19.0 Å². The van der Waals surface area contributed by atoms with Crippen molar-refractivity contribution >= 4 is 0 Å². The summed E-state index contributed by atoms with van der Waals surface area (Å²) < 4.78 is 5.68. The van der Waals surface area contributed by atoms with Crippen LogP contribution in [-0.2, 0) is 4.74 Å². The summed E-state index contributed by atoms with van der Waals surface area (Å²) in [6.07, 6.45) is 7.98. The Hall–Kier alpha value is -0.120. The Morgan fingerprint density at radius 2 is 2.06 bits per heavy atom. The number of piperidine rings is 1. The fourth-order valence-electron chi connectivity index (χ4n) is 3.68. The van der Waals surface area contributed by atoms with Gasteiger partial charge in [-0.1, -0.05) is 12.8 Å². The van der Waals surface area contributed by atoms with Crippen molar-refractivity contribution in [1.82, 2.24) is 4.90 Å². The zero-order valence-corrected chi connectivity index (χ0v) is 11.5. The van der Waals surface area contributed by atoms with Gasteiger partial charge in [0.25, 0.3) is 0 Å². The molecule has 1 saturated carbocycles. The predicted octanol–water partition coefficient (Wildman–Crippen LogP) is 2.00. The highest BCUT2D eigenvalue weighted by molar-refractivity contribution is 4.91. The van der Waals surface area contributed by atoms with Crippen molar-refractivity contribution in [2.75, 3.05) is 26.7 Å². The molecule has 2 unspecified atom stereocenters. The third-order valence-electron chi connectivity index (χ3n) is 4.84. The van der Waals surface area contributed by atoms with Gasteiger partial charge in [0.2, 0.25) is 0 Å². The van der Waals surface area contributed by atoms with Gasteiger partial charge in [-0.05, 0) is 45.1 Å². The smallest absolute Gasteiger partial charge is 0.0777 e. The van der Waals surface area contributed by atoms with Gasteiger partial charge in [0.05, 0.1) is 5.60 Å². The van der Waals surface area contributed by atoms with Crippen molar-refractivity contribution in [1.29, 1.82) is 0 Å². The first-order valence-electron chi connectivity index (χ1n) is 7.18. The second-order valence-corrected chi connectivity index (χ2v) is 6.08. The van der Waals surface area contributed by atoms with Crippen LogP contribution in [0.15, 0.2) is 0 Å². The van der Waals surface area contributed by atoms with E-state index < -0.39 is 0 Å². The monoisotopic (exact) mass is 240 g/mol. The summed E-state index contributed by atoms with van der Waals surface area (Å²) in [7, 11) is 1.84. The molecule has 1 aliphatic heterocycles. The molecule has 1 saturated heterocycles. The molecular formula is C14H28N2O. The third kappa shape index (κ3) is 3.01. The van der Waals surface area contributed by atoms with Crippen LogP contribution < -0.4 is 5.73 Å². The number of nitrogens with two attached hydrogens (primary N) is 1. The lowest BCUT2D eigenvalue weighted by Gasteiger charge is -2.44. The average molecular weight is 240 g/mol. The van der Waals surface area contributed by atoms with Gasteiger partial charge in [-0.2, -0.15) is 0 Å². The highest BCUT2D eigenvalue weighted by Crippen LogP contribution is 2.33. The summed E-state index contributed by atoms with van der Waals surface area (Å²) in [5.41, 5.74) is 6.08. The molecule has 0 bridgehead atoms. The fourth-order valence-corrected chi connectivity index (χ4v) is 3.68. The molecule has 0 aromatic carbocycles. The van der Waals surface area contributed by atoms with Gasteiger partial charge in [-0.3, -0.25) is 4.90 Å². The van der Waals surface area contributed by atoms with Crippen LogP contribution in [0.1, 0.15) is 45.4 Å². The zero-order chi connectivity index (χ0) is 12.3. The molecule has 0 radical (unpaired) electrons. The number of rotatable bonds is 4. The van der Waals surface area contributed by atoms with Crippen LogP contribution in [-0.4, -0.2) is 43.3 Å². The van der Waals surface area contributed by atoms with Crippen LogP contribution in [0.5, 0.6) is 0 Å². The molecule has 0 spiro atoms. The van der Waals surface area contributed by atoms with Gasteiger partial charge in [-0.25, -0.2) is 0 Å². The Balaban J connectivity index is 1.98.